The molecule has 0 atom stereocenters. The molecule has 1 aromatic carbocycles. The van der Waals surface area contributed by atoms with E-state index in [1.54, 1.807) is 24.4 Å². The summed E-state index contributed by atoms with van der Waals surface area (Å²) in [5.41, 5.74) is 1.42. The molecule has 2 aromatic rings. The molecule has 4 nitrogen and oxygen atoms in total. The van der Waals surface area contributed by atoms with Gasteiger partial charge in [0.05, 0.1) is 5.69 Å². The number of carbonyl (C=O) groups is 1. The van der Waals surface area contributed by atoms with E-state index in [2.05, 4.69) is 4.99 Å². The summed E-state index contributed by atoms with van der Waals surface area (Å²) in [5, 5.41) is 9.93. The third-order valence-corrected chi connectivity index (χ3v) is 4.13. The number of carboxylic acids is 1. The number of hydrogen-bond donors (Lipinski definition) is 1. The first-order valence-electron chi connectivity index (χ1n) is 6.27. The standard InChI is InChI=1S/C15H15ClN2O2S/c1-18(2)8-7-17-12-9-13(21-14(12)15(19)20)10-3-5-11(16)6-4-10/h3-7,9H,8H2,1-2H3,(H,19,20)/b17-7+. The zero-order valence-corrected chi connectivity index (χ0v) is 13.3. The van der Waals surface area contributed by atoms with E-state index in [9.17, 15) is 9.90 Å². The molecule has 0 fully saturated rings. The SMILES string of the molecule is CN(C)C/C=N/c1cc(-c2ccc(Cl)cc2)sc1C(=O)O. The second kappa shape index (κ2) is 6.85. The molecule has 0 saturated heterocycles. The Morgan fingerprint density at radius 3 is 2.62 bits per heavy atom. The van der Waals surface area contributed by atoms with Gasteiger partial charge in [0, 0.05) is 22.7 Å². The summed E-state index contributed by atoms with van der Waals surface area (Å²) in [7, 11) is 3.85. The number of hydrogen-bond acceptors (Lipinski definition) is 4. The molecule has 0 spiro atoms. The second-order valence-electron chi connectivity index (χ2n) is 4.71. The normalized spacial score (nSPS) is 11.4. The van der Waals surface area contributed by atoms with Crippen molar-refractivity contribution in [2.45, 2.75) is 0 Å². The Bertz CT molecular complexity index is 663. The van der Waals surface area contributed by atoms with Crippen LogP contribution in [-0.2, 0) is 0 Å². The molecule has 1 aromatic heterocycles. The second-order valence-corrected chi connectivity index (χ2v) is 6.20. The lowest BCUT2D eigenvalue weighted by Gasteiger charge is -2.02. The van der Waals surface area contributed by atoms with Crippen molar-refractivity contribution in [2.75, 3.05) is 20.6 Å². The number of benzene rings is 1. The van der Waals surface area contributed by atoms with Gasteiger partial charge in [-0.25, -0.2) is 4.79 Å². The summed E-state index contributed by atoms with van der Waals surface area (Å²) >= 11 is 7.08. The first-order valence-corrected chi connectivity index (χ1v) is 7.47. The van der Waals surface area contributed by atoms with E-state index < -0.39 is 5.97 Å². The van der Waals surface area contributed by atoms with Crippen molar-refractivity contribution >= 4 is 40.8 Å². The van der Waals surface area contributed by atoms with Gasteiger partial charge in [-0.3, -0.25) is 4.99 Å². The van der Waals surface area contributed by atoms with Gasteiger partial charge in [-0.05, 0) is 37.9 Å². The lowest BCUT2D eigenvalue weighted by atomic mass is 10.2. The smallest absolute Gasteiger partial charge is 0.348 e. The zero-order valence-electron chi connectivity index (χ0n) is 11.7. The predicted octanol–water partition coefficient (Wildman–Crippen LogP) is 4.03. The lowest BCUT2D eigenvalue weighted by molar-refractivity contribution is 0.0703. The first kappa shape index (κ1) is 15.7. The molecule has 0 unspecified atom stereocenters. The Morgan fingerprint density at radius 1 is 1.38 bits per heavy atom. The van der Waals surface area contributed by atoms with Gasteiger partial charge in [-0.1, -0.05) is 23.7 Å². The Balaban J connectivity index is 2.34. The fourth-order valence-corrected chi connectivity index (χ4v) is 2.76. The number of aromatic carboxylic acids is 1. The van der Waals surface area contributed by atoms with Crippen LogP contribution in [0.4, 0.5) is 5.69 Å². The molecule has 0 aliphatic heterocycles. The number of thiophene rings is 1. The van der Waals surface area contributed by atoms with Crippen LogP contribution in [0.3, 0.4) is 0 Å². The number of aliphatic imine (C=N–C) groups is 1. The van der Waals surface area contributed by atoms with E-state index in [1.807, 2.05) is 31.1 Å². The highest BCUT2D eigenvalue weighted by atomic mass is 35.5. The van der Waals surface area contributed by atoms with Crippen LogP contribution in [0, 0.1) is 0 Å². The monoisotopic (exact) mass is 322 g/mol. The molecule has 1 heterocycles. The van der Waals surface area contributed by atoms with Gasteiger partial charge < -0.3 is 10.0 Å². The highest BCUT2D eigenvalue weighted by Crippen LogP contribution is 2.36. The van der Waals surface area contributed by atoms with Crippen LogP contribution >= 0.6 is 22.9 Å². The van der Waals surface area contributed by atoms with Crippen molar-refractivity contribution < 1.29 is 9.90 Å². The van der Waals surface area contributed by atoms with E-state index in [1.165, 1.54) is 11.3 Å². The Morgan fingerprint density at radius 2 is 2.05 bits per heavy atom. The predicted molar refractivity (Wildman–Crippen MR) is 88.4 cm³/mol. The van der Waals surface area contributed by atoms with Crippen molar-refractivity contribution in [2.24, 2.45) is 4.99 Å². The average molecular weight is 323 g/mol. The number of halogens is 1. The Kier molecular flexibility index (Phi) is 5.12. The van der Waals surface area contributed by atoms with Crippen LogP contribution in [0.25, 0.3) is 10.4 Å². The molecule has 110 valence electrons. The molecular weight excluding hydrogens is 308 g/mol. The van der Waals surface area contributed by atoms with Crippen LogP contribution in [-0.4, -0.2) is 42.8 Å². The maximum absolute atomic E-state index is 11.3. The molecule has 21 heavy (non-hydrogen) atoms. The molecule has 1 N–H and O–H groups in total. The maximum Gasteiger partial charge on any atom is 0.348 e. The fraction of sp³-hybridized carbons (Fsp3) is 0.200. The summed E-state index contributed by atoms with van der Waals surface area (Å²) in [6.45, 7) is 0.658. The quantitative estimate of drug-likeness (QED) is 0.845. The first-order chi connectivity index (χ1) is 9.97. The van der Waals surface area contributed by atoms with E-state index in [0.29, 0.717) is 17.3 Å². The molecular formula is C15H15ClN2O2S. The number of nitrogens with zero attached hydrogens (tertiary/aromatic N) is 2. The minimum absolute atomic E-state index is 0.245. The van der Waals surface area contributed by atoms with Crippen LogP contribution in [0.1, 0.15) is 9.67 Å². The minimum Gasteiger partial charge on any atom is -0.477 e. The zero-order chi connectivity index (χ0) is 15.4. The summed E-state index contributed by atoms with van der Waals surface area (Å²) in [6.07, 6.45) is 1.71. The van der Waals surface area contributed by atoms with Gasteiger partial charge in [-0.15, -0.1) is 11.3 Å². The maximum atomic E-state index is 11.3. The van der Waals surface area contributed by atoms with E-state index in [-0.39, 0.29) is 4.88 Å². The van der Waals surface area contributed by atoms with Gasteiger partial charge in [0.15, 0.2) is 0 Å². The molecule has 0 aliphatic carbocycles. The Hall–Kier alpha value is -1.69. The van der Waals surface area contributed by atoms with Crippen LogP contribution in [0.2, 0.25) is 5.02 Å². The van der Waals surface area contributed by atoms with E-state index in [4.69, 9.17) is 11.6 Å². The largest absolute Gasteiger partial charge is 0.477 e. The summed E-state index contributed by atoms with van der Waals surface area (Å²) < 4.78 is 0. The van der Waals surface area contributed by atoms with Crippen molar-refractivity contribution in [3.05, 3.63) is 40.2 Å². The fourth-order valence-electron chi connectivity index (χ4n) is 1.69. The third kappa shape index (κ3) is 4.14. The number of rotatable bonds is 5. The lowest BCUT2D eigenvalue weighted by Crippen LogP contribution is -2.13. The molecule has 0 radical (unpaired) electrons. The third-order valence-electron chi connectivity index (χ3n) is 2.71. The van der Waals surface area contributed by atoms with E-state index in [0.717, 1.165) is 10.4 Å². The van der Waals surface area contributed by atoms with Gasteiger partial charge in [0.25, 0.3) is 0 Å². The van der Waals surface area contributed by atoms with Crippen LogP contribution in [0.5, 0.6) is 0 Å². The van der Waals surface area contributed by atoms with Crippen molar-refractivity contribution in [3.8, 4) is 10.4 Å². The van der Waals surface area contributed by atoms with Gasteiger partial charge >= 0.3 is 5.97 Å². The molecule has 0 aliphatic rings. The topological polar surface area (TPSA) is 52.9 Å². The molecule has 2 rings (SSSR count). The Labute approximate surface area is 132 Å². The molecule has 0 amide bonds. The summed E-state index contributed by atoms with van der Waals surface area (Å²) in [5.74, 6) is -0.961. The highest BCUT2D eigenvalue weighted by molar-refractivity contribution is 7.17. The van der Waals surface area contributed by atoms with Crippen molar-refractivity contribution in [3.63, 3.8) is 0 Å². The minimum atomic E-state index is -0.961. The van der Waals surface area contributed by atoms with Gasteiger partial charge in [-0.2, -0.15) is 0 Å². The van der Waals surface area contributed by atoms with Crippen LogP contribution in [0.15, 0.2) is 35.3 Å². The highest BCUT2D eigenvalue weighted by Gasteiger charge is 2.15. The van der Waals surface area contributed by atoms with Gasteiger partial charge in [0.1, 0.15) is 4.88 Å². The molecule has 6 heteroatoms. The van der Waals surface area contributed by atoms with Crippen molar-refractivity contribution in [1.82, 2.24) is 4.90 Å². The summed E-state index contributed by atoms with van der Waals surface area (Å²) in [4.78, 5) is 18.7. The summed E-state index contributed by atoms with van der Waals surface area (Å²) in [6, 6.07) is 9.10. The average Bonchev–Trinajstić information content (AvgIpc) is 2.83. The van der Waals surface area contributed by atoms with Crippen molar-refractivity contribution in [1.29, 1.82) is 0 Å². The molecule has 0 saturated carbocycles. The van der Waals surface area contributed by atoms with Gasteiger partial charge in [0.2, 0.25) is 0 Å². The number of carboxylic acid groups (broad SMARTS) is 1. The van der Waals surface area contributed by atoms with E-state index >= 15 is 0 Å². The molecule has 0 bridgehead atoms. The van der Waals surface area contributed by atoms with Crippen LogP contribution < -0.4 is 0 Å².